The number of rotatable bonds is 0. The van der Waals surface area contributed by atoms with Gasteiger partial charge in [0.15, 0.2) is 0 Å². The summed E-state index contributed by atoms with van der Waals surface area (Å²) in [5, 5.41) is 7.80. The summed E-state index contributed by atoms with van der Waals surface area (Å²) in [5.41, 5.74) is 0. The van der Waals surface area contributed by atoms with E-state index < -0.39 is 0 Å². The van der Waals surface area contributed by atoms with Crippen LogP contribution >= 0.6 is 0 Å². The van der Waals surface area contributed by atoms with Crippen LogP contribution in [0.2, 0.25) is 0 Å². The molecule has 1 fully saturated rings. The smallest absolute Gasteiger partial charge is 1.00 e. The van der Waals surface area contributed by atoms with Crippen LogP contribution in [0, 0.1) is 0 Å². The van der Waals surface area contributed by atoms with Crippen molar-refractivity contribution in [2.45, 2.75) is 25.8 Å². The maximum atomic E-state index is 4.44. The van der Waals surface area contributed by atoms with Gasteiger partial charge in [-0.3, -0.25) is 0 Å². The molecule has 1 aliphatic heterocycles. The molecule has 1 saturated heterocycles. The molecule has 0 spiro atoms. The summed E-state index contributed by atoms with van der Waals surface area (Å²) < 4.78 is 0. The van der Waals surface area contributed by atoms with Gasteiger partial charge in [-0.15, -0.1) is 12.6 Å². The Morgan fingerprint density at radius 2 is 1.92 bits per heavy atom. The minimum absolute atomic E-state index is 0. The van der Waals surface area contributed by atoms with Gasteiger partial charge in [-0.05, 0) is 13.1 Å². The van der Waals surface area contributed by atoms with E-state index in [0.29, 0.717) is 6.04 Å². The molecule has 0 saturated carbocycles. The van der Waals surface area contributed by atoms with E-state index in [-0.39, 0.29) is 46.5 Å². The van der Waals surface area contributed by atoms with E-state index >= 15 is 0 Å². The third kappa shape index (κ3) is 9.30. The van der Waals surface area contributed by atoms with Crippen LogP contribution in [0.15, 0.2) is 0 Å². The van der Waals surface area contributed by atoms with E-state index in [1.54, 1.807) is 0 Å². The van der Waals surface area contributed by atoms with Gasteiger partial charge in [-0.25, -0.2) is 0 Å². The monoisotopic (exact) mass is 245 g/mol. The summed E-state index contributed by atoms with van der Waals surface area (Å²) in [6, 6.07) is 0.581. The Bertz CT molecular complexity index is 77.8. The first kappa shape index (κ1) is 18.9. The zero-order chi connectivity index (χ0) is 6.53. The van der Waals surface area contributed by atoms with Gasteiger partial charge in [0.1, 0.15) is 0 Å². The molecule has 0 amide bonds. The Labute approximate surface area is 102 Å². The number of nitrogens with one attached hydrogen (secondary N) is 1. The van der Waals surface area contributed by atoms with E-state index in [4.69, 9.17) is 0 Å². The van der Waals surface area contributed by atoms with Crippen molar-refractivity contribution in [2.24, 2.45) is 0 Å². The van der Waals surface area contributed by atoms with Gasteiger partial charge in [0.2, 0.25) is 0 Å². The molecule has 5 heteroatoms. The first-order chi connectivity index (χ1) is 4.39. The number of hydrogen-bond acceptors (Lipinski definition) is 1. The first-order valence-corrected chi connectivity index (χ1v) is 3.77. The van der Waals surface area contributed by atoms with Crippen molar-refractivity contribution in [3.05, 3.63) is 5.32 Å². The molecule has 0 aromatic carbocycles. The fourth-order valence-electron chi connectivity index (χ4n) is 1.04. The maximum Gasteiger partial charge on any atom is 3.00 e. The van der Waals surface area contributed by atoms with Crippen LogP contribution in [0.1, 0.15) is 19.8 Å². The molecule has 71 valence electrons. The summed E-state index contributed by atoms with van der Waals surface area (Å²) in [6.45, 7) is 5.53. The zero-order valence-electron chi connectivity index (χ0n) is 7.32. The Morgan fingerprint density at radius 3 is 2.58 bits per heavy atom. The van der Waals surface area contributed by atoms with Crippen LogP contribution in [-0.2, 0) is 21.7 Å². The molecule has 0 aliphatic carbocycles. The van der Waals surface area contributed by atoms with Crippen molar-refractivity contribution in [3.63, 3.8) is 0 Å². The van der Waals surface area contributed by atoms with Crippen molar-refractivity contribution in [3.8, 4) is 0 Å². The third-order valence-electron chi connectivity index (χ3n) is 1.69. The standard InChI is InChI=1S/C7H15N2.2ClH.Ti/c1-7-3-6-8-4-2-5-9-7;;;/h7-8H,2-6H2,1H3;2*1H;/q-1;;;+3/p-2. The number of halogens is 2. The summed E-state index contributed by atoms with van der Waals surface area (Å²) in [6.07, 6.45) is 2.42. The zero-order valence-corrected chi connectivity index (χ0v) is 10.4. The van der Waals surface area contributed by atoms with Crippen LogP contribution in [0.4, 0.5) is 0 Å². The number of hydrogen-bond donors (Lipinski definition) is 1. The largest absolute Gasteiger partial charge is 3.00 e. The van der Waals surface area contributed by atoms with Crippen LogP contribution < -0.4 is 30.1 Å². The molecule has 0 aromatic rings. The average molecular weight is 246 g/mol. The van der Waals surface area contributed by atoms with Gasteiger partial charge in [0.05, 0.1) is 0 Å². The van der Waals surface area contributed by atoms with E-state index in [1.165, 1.54) is 12.8 Å². The van der Waals surface area contributed by atoms with Gasteiger partial charge in [-0.2, -0.15) is 0 Å². The molecular weight excluding hydrogens is 231 g/mol. The maximum absolute atomic E-state index is 4.44. The summed E-state index contributed by atoms with van der Waals surface area (Å²) in [7, 11) is 0. The molecular formula is C7H15Cl2N2Ti. The van der Waals surface area contributed by atoms with E-state index in [0.717, 1.165) is 19.6 Å². The van der Waals surface area contributed by atoms with E-state index in [2.05, 4.69) is 17.6 Å². The summed E-state index contributed by atoms with van der Waals surface area (Å²) in [4.78, 5) is 0. The van der Waals surface area contributed by atoms with Crippen LogP contribution in [-0.4, -0.2) is 25.7 Å². The van der Waals surface area contributed by atoms with Crippen LogP contribution in [0.25, 0.3) is 5.32 Å². The van der Waals surface area contributed by atoms with E-state index in [1.807, 2.05) is 0 Å². The Morgan fingerprint density at radius 1 is 1.25 bits per heavy atom. The molecule has 1 aliphatic rings. The second-order valence-corrected chi connectivity index (χ2v) is 2.65. The number of nitrogens with zero attached hydrogens (tertiary/aromatic N) is 1. The molecule has 12 heavy (non-hydrogen) atoms. The molecule has 1 unspecified atom stereocenters. The van der Waals surface area contributed by atoms with Crippen molar-refractivity contribution in [2.75, 3.05) is 19.6 Å². The Balaban J connectivity index is -0.000000270. The van der Waals surface area contributed by atoms with Crippen molar-refractivity contribution < 1.29 is 46.5 Å². The molecule has 2 nitrogen and oxygen atoms in total. The second kappa shape index (κ2) is 12.2. The molecule has 1 heterocycles. The second-order valence-electron chi connectivity index (χ2n) is 2.65. The summed E-state index contributed by atoms with van der Waals surface area (Å²) >= 11 is 0. The molecule has 1 rings (SSSR count). The quantitative estimate of drug-likeness (QED) is 0.426. The molecule has 0 aromatic heterocycles. The predicted molar refractivity (Wildman–Crippen MR) is 39.8 cm³/mol. The van der Waals surface area contributed by atoms with Crippen molar-refractivity contribution in [1.82, 2.24) is 5.32 Å². The third-order valence-corrected chi connectivity index (χ3v) is 1.69. The SMILES string of the molecule is CC1CCNCCC[N-]1.[Cl-].[Cl-].[Ti+3]. The molecule has 0 bridgehead atoms. The fourth-order valence-corrected chi connectivity index (χ4v) is 1.04. The normalized spacial score (nSPS) is 23.2. The molecule has 1 atom stereocenters. The van der Waals surface area contributed by atoms with Gasteiger partial charge < -0.3 is 35.4 Å². The average Bonchev–Trinajstić information content (AvgIpc) is 1.79. The van der Waals surface area contributed by atoms with Crippen LogP contribution in [0.5, 0.6) is 0 Å². The van der Waals surface area contributed by atoms with Gasteiger partial charge in [0, 0.05) is 0 Å². The first-order valence-electron chi connectivity index (χ1n) is 3.77. The summed E-state index contributed by atoms with van der Waals surface area (Å²) in [5.74, 6) is 0. The van der Waals surface area contributed by atoms with Gasteiger partial charge in [0.25, 0.3) is 0 Å². The van der Waals surface area contributed by atoms with Crippen molar-refractivity contribution >= 4 is 0 Å². The van der Waals surface area contributed by atoms with Crippen molar-refractivity contribution in [1.29, 1.82) is 0 Å². The predicted octanol–water partition coefficient (Wildman–Crippen LogP) is -4.86. The van der Waals surface area contributed by atoms with Crippen LogP contribution in [0.3, 0.4) is 0 Å². The molecule has 1 N–H and O–H groups in total. The molecule has 1 radical (unpaired) electrons. The van der Waals surface area contributed by atoms with E-state index in [9.17, 15) is 0 Å². The van der Waals surface area contributed by atoms with Gasteiger partial charge >= 0.3 is 21.7 Å². The Hall–Kier alpha value is 1.21. The fraction of sp³-hybridized carbons (Fsp3) is 1.00. The minimum Gasteiger partial charge on any atom is -1.00 e. The van der Waals surface area contributed by atoms with Gasteiger partial charge in [-0.1, -0.05) is 19.8 Å². The minimum atomic E-state index is 0. The topological polar surface area (TPSA) is 26.1 Å². The Kier molecular flexibility index (Phi) is 19.2.